The SMILES string of the molecule is COC(=O)C(COc1cccc(C(F)(F)F)c1)CC(C)C. The van der Waals surface area contributed by atoms with Gasteiger partial charge in [-0.2, -0.15) is 13.2 Å². The van der Waals surface area contributed by atoms with E-state index in [1.165, 1.54) is 19.2 Å². The van der Waals surface area contributed by atoms with E-state index in [1.54, 1.807) is 0 Å². The third-order valence-electron chi connectivity index (χ3n) is 2.90. The van der Waals surface area contributed by atoms with Crippen LogP contribution in [0.5, 0.6) is 5.75 Å². The predicted molar refractivity (Wildman–Crippen MR) is 71.9 cm³/mol. The first-order valence-electron chi connectivity index (χ1n) is 6.62. The van der Waals surface area contributed by atoms with Gasteiger partial charge in [0.2, 0.25) is 0 Å². The summed E-state index contributed by atoms with van der Waals surface area (Å²) in [5.41, 5.74) is -0.779. The van der Waals surface area contributed by atoms with E-state index in [-0.39, 0.29) is 18.3 Å². The van der Waals surface area contributed by atoms with Gasteiger partial charge in [-0.25, -0.2) is 0 Å². The number of ether oxygens (including phenoxy) is 2. The normalized spacial score (nSPS) is 13.1. The van der Waals surface area contributed by atoms with Crippen molar-refractivity contribution in [2.24, 2.45) is 11.8 Å². The van der Waals surface area contributed by atoms with E-state index in [0.29, 0.717) is 6.42 Å². The van der Waals surface area contributed by atoms with Crippen LogP contribution in [0, 0.1) is 11.8 Å². The summed E-state index contributed by atoms with van der Waals surface area (Å²) >= 11 is 0. The van der Waals surface area contributed by atoms with Gasteiger partial charge >= 0.3 is 12.1 Å². The van der Waals surface area contributed by atoms with Gasteiger partial charge in [0.15, 0.2) is 0 Å². The van der Waals surface area contributed by atoms with Gasteiger partial charge in [-0.15, -0.1) is 0 Å². The van der Waals surface area contributed by atoms with Gasteiger partial charge in [0.1, 0.15) is 12.4 Å². The van der Waals surface area contributed by atoms with Crippen LogP contribution in [-0.4, -0.2) is 19.7 Å². The number of benzene rings is 1. The van der Waals surface area contributed by atoms with E-state index in [9.17, 15) is 18.0 Å². The molecule has 0 N–H and O–H groups in total. The number of alkyl halides is 3. The molecule has 1 aromatic rings. The van der Waals surface area contributed by atoms with Crippen LogP contribution in [0.15, 0.2) is 24.3 Å². The van der Waals surface area contributed by atoms with Crippen LogP contribution in [0.25, 0.3) is 0 Å². The van der Waals surface area contributed by atoms with E-state index < -0.39 is 23.6 Å². The molecule has 0 fully saturated rings. The van der Waals surface area contributed by atoms with E-state index in [1.807, 2.05) is 13.8 Å². The maximum absolute atomic E-state index is 12.6. The smallest absolute Gasteiger partial charge is 0.416 e. The molecule has 0 aliphatic heterocycles. The van der Waals surface area contributed by atoms with Crippen LogP contribution in [0.2, 0.25) is 0 Å². The molecule has 0 spiro atoms. The Morgan fingerprint density at radius 2 is 1.95 bits per heavy atom. The predicted octanol–water partition coefficient (Wildman–Crippen LogP) is 3.92. The maximum atomic E-state index is 12.6. The van der Waals surface area contributed by atoms with E-state index in [0.717, 1.165) is 12.1 Å². The van der Waals surface area contributed by atoms with Crippen LogP contribution in [0.1, 0.15) is 25.8 Å². The Morgan fingerprint density at radius 1 is 1.29 bits per heavy atom. The average molecular weight is 304 g/mol. The fourth-order valence-corrected chi connectivity index (χ4v) is 1.93. The fourth-order valence-electron chi connectivity index (χ4n) is 1.93. The standard InChI is InChI=1S/C15H19F3O3/c1-10(2)7-11(14(19)20-3)9-21-13-6-4-5-12(8-13)15(16,17)18/h4-6,8,10-11H,7,9H2,1-3H3. The van der Waals surface area contributed by atoms with Gasteiger partial charge < -0.3 is 9.47 Å². The van der Waals surface area contributed by atoms with Crippen LogP contribution < -0.4 is 4.74 Å². The molecule has 0 aliphatic carbocycles. The maximum Gasteiger partial charge on any atom is 0.416 e. The summed E-state index contributed by atoms with van der Waals surface area (Å²) in [7, 11) is 1.28. The second-order valence-corrected chi connectivity index (χ2v) is 5.19. The van der Waals surface area contributed by atoms with Gasteiger partial charge in [0.25, 0.3) is 0 Å². The van der Waals surface area contributed by atoms with Crippen molar-refractivity contribution >= 4 is 5.97 Å². The topological polar surface area (TPSA) is 35.5 Å². The summed E-state index contributed by atoms with van der Waals surface area (Å²) in [6, 6.07) is 4.59. The Balaban J connectivity index is 2.74. The monoisotopic (exact) mass is 304 g/mol. The quantitative estimate of drug-likeness (QED) is 0.747. The molecule has 1 atom stereocenters. The van der Waals surface area contributed by atoms with Crippen molar-refractivity contribution in [3.8, 4) is 5.75 Å². The third-order valence-corrected chi connectivity index (χ3v) is 2.90. The summed E-state index contributed by atoms with van der Waals surface area (Å²) in [6.07, 6.45) is -3.87. The molecule has 1 aromatic carbocycles. The number of carbonyl (C=O) groups is 1. The molecule has 0 heterocycles. The summed E-state index contributed by atoms with van der Waals surface area (Å²) in [5, 5.41) is 0. The summed E-state index contributed by atoms with van der Waals surface area (Å²) in [6.45, 7) is 3.88. The Bertz CT molecular complexity index is 469. The van der Waals surface area contributed by atoms with E-state index >= 15 is 0 Å². The highest BCUT2D eigenvalue weighted by Crippen LogP contribution is 2.31. The van der Waals surface area contributed by atoms with E-state index in [4.69, 9.17) is 4.74 Å². The average Bonchev–Trinajstić information content (AvgIpc) is 2.41. The minimum absolute atomic E-state index is 0.00777. The Hall–Kier alpha value is -1.72. The van der Waals surface area contributed by atoms with Crippen molar-refractivity contribution in [3.05, 3.63) is 29.8 Å². The van der Waals surface area contributed by atoms with Gasteiger partial charge in [0.05, 0.1) is 18.6 Å². The van der Waals surface area contributed by atoms with Gasteiger partial charge in [-0.05, 0) is 30.5 Å². The van der Waals surface area contributed by atoms with Crippen molar-refractivity contribution in [3.63, 3.8) is 0 Å². The number of carbonyl (C=O) groups excluding carboxylic acids is 1. The first-order valence-corrected chi connectivity index (χ1v) is 6.62. The van der Waals surface area contributed by atoms with E-state index in [2.05, 4.69) is 4.74 Å². The molecular formula is C15H19F3O3. The molecule has 1 unspecified atom stereocenters. The highest BCUT2D eigenvalue weighted by molar-refractivity contribution is 5.72. The highest BCUT2D eigenvalue weighted by atomic mass is 19.4. The molecule has 3 nitrogen and oxygen atoms in total. The van der Waals surface area contributed by atoms with Crippen molar-refractivity contribution < 1.29 is 27.4 Å². The Kier molecular flexibility index (Phi) is 6.05. The van der Waals surface area contributed by atoms with Crippen molar-refractivity contribution in [1.82, 2.24) is 0 Å². The molecular weight excluding hydrogens is 285 g/mol. The number of hydrogen-bond donors (Lipinski definition) is 0. The number of esters is 1. The number of hydrogen-bond acceptors (Lipinski definition) is 3. The number of halogens is 3. The molecule has 0 saturated carbocycles. The zero-order valence-corrected chi connectivity index (χ0v) is 12.2. The minimum Gasteiger partial charge on any atom is -0.493 e. The lowest BCUT2D eigenvalue weighted by Crippen LogP contribution is -2.24. The Morgan fingerprint density at radius 3 is 2.48 bits per heavy atom. The molecule has 118 valence electrons. The van der Waals surface area contributed by atoms with Crippen molar-refractivity contribution in [2.75, 3.05) is 13.7 Å². The largest absolute Gasteiger partial charge is 0.493 e. The number of rotatable bonds is 6. The molecule has 6 heteroatoms. The third kappa shape index (κ3) is 5.65. The zero-order valence-electron chi connectivity index (χ0n) is 12.2. The molecule has 0 aliphatic rings. The second kappa shape index (κ2) is 7.33. The lowest BCUT2D eigenvalue weighted by Gasteiger charge is -2.18. The highest BCUT2D eigenvalue weighted by Gasteiger charge is 2.30. The van der Waals surface area contributed by atoms with Crippen molar-refractivity contribution in [1.29, 1.82) is 0 Å². The Labute approximate surface area is 122 Å². The fraction of sp³-hybridized carbons (Fsp3) is 0.533. The second-order valence-electron chi connectivity index (χ2n) is 5.19. The minimum atomic E-state index is -4.42. The van der Waals surface area contributed by atoms with Crippen LogP contribution in [0.3, 0.4) is 0 Å². The zero-order chi connectivity index (χ0) is 16.0. The lowest BCUT2D eigenvalue weighted by atomic mass is 9.98. The van der Waals surface area contributed by atoms with Gasteiger partial charge in [0, 0.05) is 0 Å². The summed E-state index contributed by atoms with van der Waals surface area (Å²) < 4.78 is 47.8. The van der Waals surface area contributed by atoms with Crippen LogP contribution in [0.4, 0.5) is 13.2 Å². The van der Waals surface area contributed by atoms with Crippen LogP contribution in [-0.2, 0) is 15.7 Å². The first kappa shape index (κ1) is 17.3. The lowest BCUT2D eigenvalue weighted by molar-refractivity contribution is -0.147. The van der Waals surface area contributed by atoms with Gasteiger partial charge in [-0.3, -0.25) is 4.79 Å². The number of methoxy groups -OCH3 is 1. The first-order chi connectivity index (χ1) is 9.74. The van der Waals surface area contributed by atoms with Crippen molar-refractivity contribution in [2.45, 2.75) is 26.4 Å². The molecule has 1 rings (SSSR count). The molecule has 0 saturated heterocycles. The molecule has 0 amide bonds. The van der Waals surface area contributed by atoms with Crippen LogP contribution >= 0.6 is 0 Å². The summed E-state index contributed by atoms with van der Waals surface area (Å²) in [5.74, 6) is -0.582. The molecule has 0 aromatic heterocycles. The molecule has 21 heavy (non-hydrogen) atoms. The summed E-state index contributed by atoms with van der Waals surface area (Å²) in [4.78, 5) is 11.6. The molecule has 0 radical (unpaired) electrons. The molecule has 0 bridgehead atoms. The van der Waals surface area contributed by atoms with Gasteiger partial charge in [-0.1, -0.05) is 19.9 Å².